The Bertz CT molecular complexity index is 252. The zero-order valence-electron chi connectivity index (χ0n) is 7.84. The van der Waals surface area contributed by atoms with Gasteiger partial charge in [0.05, 0.1) is 12.8 Å². The Morgan fingerprint density at radius 3 is 2.92 bits per heavy atom. The molecule has 0 aromatic carbocycles. The summed E-state index contributed by atoms with van der Waals surface area (Å²) in [5.74, 6) is 1.51. The Hall–Kier alpha value is -0.620. The topological polar surface area (TPSA) is 63.8 Å². The van der Waals surface area contributed by atoms with E-state index in [0.29, 0.717) is 5.25 Å². The summed E-state index contributed by atoms with van der Waals surface area (Å²) in [4.78, 5) is 1.45. The van der Waals surface area contributed by atoms with E-state index in [2.05, 4.69) is 22.3 Å². The predicted molar refractivity (Wildman–Crippen MR) is 51.3 cm³/mol. The van der Waals surface area contributed by atoms with E-state index in [-0.39, 0.29) is 6.61 Å². The number of rotatable bonds is 5. The van der Waals surface area contributed by atoms with Crippen LogP contribution >= 0.6 is 11.8 Å². The Morgan fingerprint density at radius 1 is 1.62 bits per heavy atom. The molecule has 6 heteroatoms. The Kier molecular flexibility index (Phi) is 4.17. The number of aryl methyl sites for hydroxylation is 1. The Balaban J connectivity index is 2.26. The number of hydrogen-bond acceptors (Lipinski definition) is 5. The van der Waals surface area contributed by atoms with Crippen molar-refractivity contribution in [3.63, 3.8) is 0 Å². The van der Waals surface area contributed by atoms with Crippen molar-refractivity contribution in [3.8, 4) is 0 Å². The summed E-state index contributed by atoms with van der Waals surface area (Å²) in [6.45, 7) is 2.32. The van der Waals surface area contributed by atoms with E-state index in [1.54, 1.807) is 18.8 Å². The fourth-order valence-electron chi connectivity index (χ4n) is 0.863. The third kappa shape index (κ3) is 3.73. The van der Waals surface area contributed by atoms with Crippen LogP contribution in [-0.4, -0.2) is 37.2 Å². The van der Waals surface area contributed by atoms with Crippen LogP contribution in [0.15, 0.2) is 0 Å². The van der Waals surface area contributed by atoms with Crippen molar-refractivity contribution in [3.05, 3.63) is 5.82 Å². The van der Waals surface area contributed by atoms with Gasteiger partial charge in [-0.3, -0.25) is 0 Å². The van der Waals surface area contributed by atoms with Crippen molar-refractivity contribution < 1.29 is 5.11 Å². The van der Waals surface area contributed by atoms with Gasteiger partial charge in [0.2, 0.25) is 0 Å². The molecule has 0 amide bonds. The van der Waals surface area contributed by atoms with Gasteiger partial charge >= 0.3 is 0 Å². The van der Waals surface area contributed by atoms with Gasteiger partial charge in [0, 0.05) is 11.9 Å². The number of thioether (sulfide) groups is 1. The standard InChI is InChI=1S/C7H14N4OS/c1-6(3-4-12)13-5-7-8-10-11(2)9-7/h6,12H,3-5H2,1-2H3. The first-order valence-electron chi connectivity index (χ1n) is 4.17. The molecular weight excluding hydrogens is 188 g/mol. The van der Waals surface area contributed by atoms with Gasteiger partial charge in [0.15, 0.2) is 5.82 Å². The molecule has 1 aromatic heterocycles. The molecule has 0 saturated heterocycles. The summed E-state index contributed by atoms with van der Waals surface area (Å²) in [6.07, 6.45) is 0.810. The molecule has 0 bridgehead atoms. The summed E-state index contributed by atoms with van der Waals surface area (Å²) < 4.78 is 0. The average Bonchev–Trinajstić information content (AvgIpc) is 2.49. The fourth-order valence-corrected chi connectivity index (χ4v) is 1.68. The number of tetrazole rings is 1. The molecule has 1 rings (SSSR count). The van der Waals surface area contributed by atoms with Crippen LogP contribution in [0, 0.1) is 0 Å². The molecule has 0 aliphatic heterocycles. The van der Waals surface area contributed by atoms with Gasteiger partial charge in [-0.05, 0) is 11.6 Å². The zero-order chi connectivity index (χ0) is 9.68. The average molecular weight is 202 g/mol. The Labute approximate surface area is 81.5 Å². The maximum absolute atomic E-state index is 8.68. The minimum atomic E-state index is 0.238. The lowest BCUT2D eigenvalue weighted by atomic mass is 10.3. The summed E-state index contributed by atoms with van der Waals surface area (Å²) in [7, 11) is 1.75. The summed E-state index contributed by atoms with van der Waals surface area (Å²) in [5, 5.41) is 20.8. The molecule has 0 spiro atoms. The number of hydrogen-bond donors (Lipinski definition) is 1. The van der Waals surface area contributed by atoms with Gasteiger partial charge in [-0.25, -0.2) is 0 Å². The summed E-state index contributed by atoms with van der Waals surface area (Å²) in [5.41, 5.74) is 0. The molecule has 5 nitrogen and oxygen atoms in total. The van der Waals surface area contributed by atoms with Crippen molar-refractivity contribution in [2.45, 2.75) is 24.3 Å². The number of aliphatic hydroxyl groups is 1. The van der Waals surface area contributed by atoms with Gasteiger partial charge < -0.3 is 5.11 Å². The van der Waals surface area contributed by atoms with E-state index < -0.39 is 0 Å². The van der Waals surface area contributed by atoms with Crippen LogP contribution in [-0.2, 0) is 12.8 Å². The fraction of sp³-hybridized carbons (Fsp3) is 0.857. The first kappa shape index (κ1) is 10.5. The number of aliphatic hydroxyl groups excluding tert-OH is 1. The van der Waals surface area contributed by atoms with E-state index in [0.717, 1.165) is 18.0 Å². The second-order valence-corrected chi connectivity index (χ2v) is 4.26. The molecule has 0 radical (unpaired) electrons. The highest BCUT2D eigenvalue weighted by Gasteiger charge is 2.05. The maximum Gasteiger partial charge on any atom is 0.184 e. The summed E-state index contributed by atoms with van der Waals surface area (Å²) >= 11 is 1.73. The van der Waals surface area contributed by atoms with Crippen molar-refractivity contribution in [2.24, 2.45) is 7.05 Å². The highest BCUT2D eigenvalue weighted by molar-refractivity contribution is 7.99. The quantitative estimate of drug-likeness (QED) is 0.739. The van der Waals surface area contributed by atoms with E-state index in [4.69, 9.17) is 5.11 Å². The molecule has 1 N–H and O–H groups in total. The molecule has 1 atom stereocenters. The smallest absolute Gasteiger partial charge is 0.184 e. The lowest BCUT2D eigenvalue weighted by Gasteiger charge is -2.06. The van der Waals surface area contributed by atoms with E-state index >= 15 is 0 Å². The van der Waals surface area contributed by atoms with Crippen LogP contribution in [0.1, 0.15) is 19.2 Å². The second-order valence-electron chi connectivity index (χ2n) is 2.83. The minimum Gasteiger partial charge on any atom is -0.396 e. The SMILES string of the molecule is CC(CCO)SCc1nnn(C)n1. The van der Waals surface area contributed by atoms with Crippen LogP contribution in [0.3, 0.4) is 0 Å². The molecule has 1 heterocycles. The predicted octanol–water partition coefficient (Wildman–Crippen LogP) is 0.214. The summed E-state index contributed by atoms with van der Waals surface area (Å²) in [6, 6.07) is 0. The first-order chi connectivity index (χ1) is 6.22. The monoisotopic (exact) mass is 202 g/mol. The van der Waals surface area contributed by atoms with Gasteiger partial charge in [-0.2, -0.15) is 16.6 Å². The van der Waals surface area contributed by atoms with Crippen LogP contribution < -0.4 is 0 Å². The molecule has 1 unspecified atom stereocenters. The molecule has 1 aromatic rings. The third-order valence-corrected chi connectivity index (χ3v) is 2.81. The third-order valence-electron chi connectivity index (χ3n) is 1.58. The highest BCUT2D eigenvalue weighted by Crippen LogP contribution is 2.16. The number of nitrogens with zero attached hydrogens (tertiary/aromatic N) is 4. The lowest BCUT2D eigenvalue weighted by Crippen LogP contribution is -2.00. The molecule has 13 heavy (non-hydrogen) atoms. The molecule has 0 aliphatic rings. The molecule has 0 saturated carbocycles. The van der Waals surface area contributed by atoms with Crippen LogP contribution in [0.2, 0.25) is 0 Å². The van der Waals surface area contributed by atoms with Crippen molar-refractivity contribution in [1.82, 2.24) is 20.2 Å². The van der Waals surface area contributed by atoms with Crippen molar-refractivity contribution in [1.29, 1.82) is 0 Å². The zero-order valence-corrected chi connectivity index (χ0v) is 8.66. The Morgan fingerprint density at radius 2 is 2.38 bits per heavy atom. The number of aromatic nitrogens is 4. The van der Waals surface area contributed by atoms with Crippen LogP contribution in [0.5, 0.6) is 0 Å². The normalized spacial score (nSPS) is 13.2. The van der Waals surface area contributed by atoms with E-state index in [1.165, 1.54) is 4.80 Å². The van der Waals surface area contributed by atoms with Crippen LogP contribution in [0.25, 0.3) is 0 Å². The van der Waals surface area contributed by atoms with Crippen molar-refractivity contribution in [2.75, 3.05) is 6.61 Å². The second kappa shape index (κ2) is 5.18. The molecule has 0 fully saturated rings. The maximum atomic E-state index is 8.68. The van der Waals surface area contributed by atoms with E-state index in [9.17, 15) is 0 Å². The largest absolute Gasteiger partial charge is 0.396 e. The minimum absolute atomic E-state index is 0.238. The van der Waals surface area contributed by atoms with Gasteiger partial charge in [-0.1, -0.05) is 6.92 Å². The van der Waals surface area contributed by atoms with Gasteiger partial charge in [-0.15, -0.1) is 10.2 Å². The molecular formula is C7H14N4OS. The van der Waals surface area contributed by atoms with Crippen molar-refractivity contribution >= 4 is 11.8 Å². The van der Waals surface area contributed by atoms with Crippen LogP contribution in [0.4, 0.5) is 0 Å². The first-order valence-corrected chi connectivity index (χ1v) is 5.22. The molecule has 0 aliphatic carbocycles. The van der Waals surface area contributed by atoms with Gasteiger partial charge in [0.25, 0.3) is 0 Å². The lowest BCUT2D eigenvalue weighted by molar-refractivity contribution is 0.289. The molecule has 74 valence electrons. The highest BCUT2D eigenvalue weighted by atomic mass is 32.2. The van der Waals surface area contributed by atoms with E-state index in [1.807, 2.05) is 0 Å². The van der Waals surface area contributed by atoms with Gasteiger partial charge in [0.1, 0.15) is 0 Å².